The molecule has 1 saturated heterocycles. The topological polar surface area (TPSA) is 60.9 Å². The second kappa shape index (κ2) is 6.61. The molecule has 0 saturated carbocycles. The lowest BCUT2D eigenvalue weighted by Gasteiger charge is -2.37. The van der Waals surface area contributed by atoms with Crippen molar-refractivity contribution in [1.29, 1.82) is 0 Å². The SMILES string of the molecule is CC(C)CN(CC(=O)O)C(=O)N1CCCCC1C. The van der Waals surface area contributed by atoms with Gasteiger partial charge in [0.15, 0.2) is 0 Å². The molecule has 2 amide bonds. The Kier molecular flexibility index (Phi) is 5.44. The first-order valence-corrected chi connectivity index (χ1v) is 6.69. The number of piperidine rings is 1. The van der Waals surface area contributed by atoms with Crippen molar-refractivity contribution >= 4 is 12.0 Å². The van der Waals surface area contributed by atoms with E-state index in [2.05, 4.69) is 0 Å². The Hall–Kier alpha value is -1.26. The van der Waals surface area contributed by atoms with Gasteiger partial charge in [-0.05, 0) is 32.1 Å². The van der Waals surface area contributed by atoms with E-state index in [9.17, 15) is 9.59 Å². The molecular formula is C13H24N2O3. The molecule has 1 aliphatic heterocycles. The first-order chi connectivity index (χ1) is 8.41. The standard InChI is InChI=1S/C13H24N2O3/c1-10(2)8-14(9-12(16)17)13(18)15-7-5-4-6-11(15)3/h10-11H,4-9H2,1-3H3,(H,16,17). The Bertz CT molecular complexity index is 305. The van der Waals surface area contributed by atoms with Crippen LogP contribution in [0.4, 0.5) is 4.79 Å². The average molecular weight is 256 g/mol. The summed E-state index contributed by atoms with van der Waals surface area (Å²) in [6.45, 7) is 7.04. The third-order valence-electron chi connectivity index (χ3n) is 3.23. The van der Waals surface area contributed by atoms with Crippen molar-refractivity contribution in [3.63, 3.8) is 0 Å². The fourth-order valence-electron chi connectivity index (χ4n) is 2.38. The van der Waals surface area contributed by atoms with Crippen LogP contribution in [0.5, 0.6) is 0 Å². The summed E-state index contributed by atoms with van der Waals surface area (Å²) in [6, 6.07) is 0.0907. The molecular weight excluding hydrogens is 232 g/mol. The number of hydrogen-bond acceptors (Lipinski definition) is 2. The summed E-state index contributed by atoms with van der Waals surface area (Å²) < 4.78 is 0. The van der Waals surface area contributed by atoms with Crippen LogP contribution in [0.25, 0.3) is 0 Å². The third-order valence-corrected chi connectivity index (χ3v) is 3.23. The number of amides is 2. The van der Waals surface area contributed by atoms with E-state index in [-0.39, 0.29) is 24.5 Å². The van der Waals surface area contributed by atoms with E-state index >= 15 is 0 Å². The fourth-order valence-corrected chi connectivity index (χ4v) is 2.38. The van der Waals surface area contributed by atoms with Gasteiger partial charge in [0.1, 0.15) is 6.54 Å². The number of nitrogens with zero attached hydrogens (tertiary/aromatic N) is 2. The van der Waals surface area contributed by atoms with Crippen LogP contribution in [-0.4, -0.2) is 52.6 Å². The number of carboxylic acids is 1. The van der Waals surface area contributed by atoms with Gasteiger partial charge in [0, 0.05) is 19.1 Å². The number of carbonyl (C=O) groups is 2. The molecule has 0 spiro atoms. The monoisotopic (exact) mass is 256 g/mol. The van der Waals surface area contributed by atoms with Crippen LogP contribution in [0.2, 0.25) is 0 Å². The van der Waals surface area contributed by atoms with Crippen LogP contribution in [-0.2, 0) is 4.79 Å². The van der Waals surface area contributed by atoms with Gasteiger partial charge in [0.2, 0.25) is 0 Å². The van der Waals surface area contributed by atoms with E-state index in [0.29, 0.717) is 6.54 Å². The molecule has 0 bridgehead atoms. The Morgan fingerprint density at radius 3 is 2.56 bits per heavy atom. The van der Waals surface area contributed by atoms with Crippen LogP contribution < -0.4 is 0 Å². The van der Waals surface area contributed by atoms with Gasteiger partial charge in [-0.1, -0.05) is 13.8 Å². The summed E-state index contributed by atoms with van der Waals surface area (Å²) in [5.41, 5.74) is 0. The third kappa shape index (κ3) is 4.20. The average Bonchev–Trinajstić information content (AvgIpc) is 2.26. The van der Waals surface area contributed by atoms with E-state index < -0.39 is 5.97 Å². The lowest BCUT2D eigenvalue weighted by Crippen LogP contribution is -2.51. The molecule has 0 aromatic heterocycles. The number of aliphatic carboxylic acids is 1. The van der Waals surface area contributed by atoms with E-state index in [0.717, 1.165) is 25.8 Å². The van der Waals surface area contributed by atoms with Crippen LogP contribution >= 0.6 is 0 Å². The maximum absolute atomic E-state index is 12.4. The van der Waals surface area contributed by atoms with E-state index in [1.807, 2.05) is 25.7 Å². The van der Waals surface area contributed by atoms with Gasteiger partial charge < -0.3 is 14.9 Å². The maximum Gasteiger partial charge on any atom is 0.323 e. The molecule has 1 heterocycles. The number of urea groups is 1. The van der Waals surface area contributed by atoms with Crippen LogP contribution in [0.3, 0.4) is 0 Å². The van der Waals surface area contributed by atoms with Crippen molar-refractivity contribution in [1.82, 2.24) is 9.80 Å². The normalized spacial score (nSPS) is 20.0. The largest absolute Gasteiger partial charge is 0.480 e. The molecule has 0 radical (unpaired) electrons. The molecule has 1 rings (SSSR count). The van der Waals surface area contributed by atoms with Gasteiger partial charge >= 0.3 is 12.0 Å². The molecule has 18 heavy (non-hydrogen) atoms. The molecule has 0 aromatic carbocycles. The molecule has 1 fully saturated rings. The van der Waals surface area contributed by atoms with Gasteiger partial charge in [-0.3, -0.25) is 4.79 Å². The number of rotatable bonds is 4. The highest BCUT2D eigenvalue weighted by atomic mass is 16.4. The zero-order valence-electron chi connectivity index (χ0n) is 11.6. The van der Waals surface area contributed by atoms with E-state index in [4.69, 9.17) is 5.11 Å². The molecule has 1 N–H and O–H groups in total. The van der Waals surface area contributed by atoms with Crippen molar-refractivity contribution in [2.24, 2.45) is 5.92 Å². The fraction of sp³-hybridized carbons (Fsp3) is 0.846. The van der Waals surface area contributed by atoms with Crippen LogP contribution in [0, 0.1) is 5.92 Å². The Morgan fingerprint density at radius 2 is 2.06 bits per heavy atom. The van der Waals surface area contributed by atoms with Crippen LogP contribution in [0.15, 0.2) is 0 Å². The molecule has 5 heteroatoms. The van der Waals surface area contributed by atoms with Crippen LogP contribution in [0.1, 0.15) is 40.0 Å². The second-order valence-corrected chi connectivity index (χ2v) is 5.49. The van der Waals surface area contributed by atoms with Crippen molar-refractivity contribution in [2.45, 2.75) is 46.1 Å². The van der Waals surface area contributed by atoms with Gasteiger partial charge in [-0.15, -0.1) is 0 Å². The Balaban J connectivity index is 2.70. The number of hydrogen-bond donors (Lipinski definition) is 1. The Morgan fingerprint density at radius 1 is 1.39 bits per heavy atom. The number of carbonyl (C=O) groups excluding carboxylic acids is 1. The van der Waals surface area contributed by atoms with Crippen molar-refractivity contribution in [3.05, 3.63) is 0 Å². The molecule has 5 nitrogen and oxygen atoms in total. The highest BCUT2D eigenvalue weighted by Crippen LogP contribution is 2.18. The maximum atomic E-state index is 12.4. The van der Waals surface area contributed by atoms with Gasteiger partial charge in [-0.25, -0.2) is 4.79 Å². The summed E-state index contributed by atoms with van der Waals surface area (Å²) in [6.07, 6.45) is 3.17. The molecule has 0 aromatic rings. The lowest BCUT2D eigenvalue weighted by atomic mass is 10.0. The molecule has 1 atom stereocenters. The minimum Gasteiger partial charge on any atom is -0.480 e. The van der Waals surface area contributed by atoms with Gasteiger partial charge in [-0.2, -0.15) is 0 Å². The summed E-state index contributed by atoms with van der Waals surface area (Å²) in [4.78, 5) is 26.5. The molecule has 0 aliphatic carbocycles. The first-order valence-electron chi connectivity index (χ1n) is 6.69. The zero-order valence-corrected chi connectivity index (χ0v) is 11.6. The predicted octanol–water partition coefficient (Wildman–Crippen LogP) is 2.02. The highest BCUT2D eigenvalue weighted by molar-refractivity contribution is 5.80. The van der Waals surface area contributed by atoms with Crippen molar-refractivity contribution in [2.75, 3.05) is 19.6 Å². The summed E-state index contributed by atoms with van der Waals surface area (Å²) in [7, 11) is 0. The minimum absolute atomic E-state index is 0.127. The summed E-state index contributed by atoms with van der Waals surface area (Å²) >= 11 is 0. The highest BCUT2D eigenvalue weighted by Gasteiger charge is 2.28. The first kappa shape index (κ1) is 14.8. The van der Waals surface area contributed by atoms with Crippen molar-refractivity contribution in [3.8, 4) is 0 Å². The minimum atomic E-state index is -0.950. The van der Waals surface area contributed by atoms with E-state index in [1.54, 1.807) is 0 Å². The quantitative estimate of drug-likeness (QED) is 0.837. The number of carboxylic acid groups (broad SMARTS) is 1. The smallest absolute Gasteiger partial charge is 0.323 e. The predicted molar refractivity (Wildman–Crippen MR) is 69.5 cm³/mol. The van der Waals surface area contributed by atoms with Gasteiger partial charge in [0.25, 0.3) is 0 Å². The second-order valence-electron chi connectivity index (χ2n) is 5.49. The van der Waals surface area contributed by atoms with E-state index in [1.165, 1.54) is 4.90 Å². The zero-order chi connectivity index (χ0) is 13.7. The molecule has 1 unspecified atom stereocenters. The molecule has 1 aliphatic rings. The summed E-state index contributed by atoms with van der Waals surface area (Å²) in [5.74, 6) is -0.679. The van der Waals surface area contributed by atoms with Gasteiger partial charge in [0.05, 0.1) is 0 Å². The number of likely N-dealkylation sites (tertiary alicyclic amines) is 1. The summed E-state index contributed by atoms with van der Waals surface area (Å²) in [5, 5.41) is 8.90. The lowest BCUT2D eigenvalue weighted by molar-refractivity contribution is -0.137. The van der Waals surface area contributed by atoms with Crippen molar-refractivity contribution < 1.29 is 14.7 Å². The molecule has 104 valence electrons. The Labute approximate surface area is 109 Å².